The van der Waals surface area contributed by atoms with E-state index >= 15 is 0 Å². The van der Waals surface area contributed by atoms with Crippen molar-refractivity contribution in [3.63, 3.8) is 0 Å². The second-order valence-electron chi connectivity index (χ2n) is 4.16. The molecule has 2 rings (SSSR count). The largest absolute Gasteiger partial charge is 0.256 e. The molecule has 1 heterocycles. The van der Waals surface area contributed by atoms with Gasteiger partial charge in [0.25, 0.3) is 0 Å². The van der Waals surface area contributed by atoms with E-state index in [9.17, 15) is 0 Å². The third kappa shape index (κ3) is 2.34. The average Bonchev–Trinajstić information content (AvgIpc) is 2.34. The summed E-state index contributed by atoms with van der Waals surface area (Å²) in [6.07, 6.45) is 2.18. The first-order valence-corrected chi connectivity index (χ1v) is 5.61. The number of aromatic nitrogens is 1. The van der Waals surface area contributed by atoms with E-state index in [2.05, 4.69) is 43.1 Å². The lowest BCUT2D eigenvalue weighted by atomic mass is 9.98. The Morgan fingerprint density at radius 2 is 2.06 bits per heavy atom. The van der Waals surface area contributed by atoms with Gasteiger partial charge < -0.3 is 0 Å². The van der Waals surface area contributed by atoms with Gasteiger partial charge in [-0.3, -0.25) is 4.98 Å². The smallest absolute Gasteiger partial charge is 0.0747 e. The Morgan fingerprint density at radius 1 is 1.24 bits per heavy atom. The fourth-order valence-electron chi connectivity index (χ4n) is 1.90. The average molecular weight is 222 g/mol. The van der Waals surface area contributed by atoms with E-state index in [1.54, 1.807) is 6.20 Å². The van der Waals surface area contributed by atoms with Gasteiger partial charge in [0.15, 0.2) is 0 Å². The minimum Gasteiger partial charge on any atom is -0.256 e. The number of rotatable bonds is 2. The fourth-order valence-corrected chi connectivity index (χ4v) is 1.90. The van der Waals surface area contributed by atoms with Gasteiger partial charge in [0.2, 0.25) is 0 Å². The summed E-state index contributed by atoms with van der Waals surface area (Å²) in [7, 11) is 0. The van der Waals surface area contributed by atoms with Gasteiger partial charge in [0.05, 0.1) is 18.2 Å². The molecule has 0 unspecified atom stereocenters. The fraction of sp³-hybridized carbons (Fsp3) is 0.200. The van der Waals surface area contributed by atoms with Crippen LogP contribution in [0.25, 0.3) is 11.3 Å². The molecule has 0 spiro atoms. The molecule has 0 aliphatic carbocycles. The van der Waals surface area contributed by atoms with E-state index in [1.165, 1.54) is 11.1 Å². The summed E-state index contributed by atoms with van der Waals surface area (Å²) >= 11 is 0. The molecule has 0 aliphatic rings. The molecule has 84 valence electrons. The highest BCUT2D eigenvalue weighted by molar-refractivity contribution is 5.67. The molecule has 17 heavy (non-hydrogen) atoms. The van der Waals surface area contributed by atoms with Crippen LogP contribution in [0.2, 0.25) is 0 Å². The van der Waals surface area contributed by atoms with Crippen molar-refractivity contribution in [1.29, 1.82) is 5.26 Å². The number of benzene rings is 1. The minimum absolute atomic E-state index is 0.399. The van der Waals surface area contributed by atoms with Gasteiger partial charge in [0, 0.05) is 11.8 Å². The molecular weight excluding hydrogens is 208 g/mol. The van der Waals surface area contributed by atoms with Crippen LogP contribution in [0, 0.1) is 25.2 Å². The van der Waals surface area contributed by atoms with Gasteiger partial charge >= 0.3 is 0 Å². The summed E-state index contributed by atoms with van der Waals surface area (Å²) in [6, 6.07) is 12.3. The third-order valence-corrected chi connectivity index (χ3v) is 2.81. The summed E-state index contributed by atoms with van der Waals surface area (Å²) in [4.78, 5) is 4.42. The molecule has 0 radical (unpaired) electrons. The lowest BCUT2D eigenvalue weighted by Crippen LogP contribution is -1.94. The van der Waals surface area contributed by atoms with Crippen molar-refractivity contribution >= 4 is 0 Å². The summed E-state index contributed by atoms with van der Waals surface area (Å²) in [5.41, 5.74) is 5.43. The van der Waals surface area contributed by atoms with Crippen LogP contribution in [0.3, 0.4) is 0 Å². The normalized spacial score (nSPS) is 9.94. The number of hydrogen-bond donors (Lipinski definition) is 0. The molecule has 0 fully saturated rings. The van der Waals surface area contributed by atoms with E-state index in [4.69, 9.17) is 5.26 Å². The highest BCUT2D eigenvalue weighted by Gasteiger charge is 2.08. The van der Waals surface area contributed by atoms with E-state index in [0.717, 1.165) is 16.8 Å². The standard InChI is InChI=1S/C15H14N2/c1-11-5-6-12(2)14(10-11)15-13(7-8-16)4-3-9-17-15/h3-6,9-10H,7H2,1-2H3. The quantitative estimate of drug-likeness (QED) is 0.780. The lowest BCUT2D eigenvalue weighted by molar-refractivity contribution is 1.19. The summed E-state index contributed by atoms with van der Waals surface area (Å²) < 4.78 is 0. The van der Waals surface area contributed by atoms with Crippen molar-refractivity contribution in [2.45, 2.75) is 20.3 Å². The summed E-state index contributed by atoms with van der Waals surface area (Å²) in [5, 5.41) is 8.84. The van der Waals surface area contributed by atoms with Crippen LogP contribution in [-0.2, 0) is 6.42 Å². The van der Waals surface area contributed by atoms with Crippen LogP contribution in [-0.4, -0.2) is 4.98 Å². The van der Waals surface area contributed by atoms with Crippen LogP contribution in [0.5, 0.6) is 0 Å². The molecule has 2 aromatic rings. The topological polar surface area (TPSA) is 36.7 Å². The number of pyridine rings is 1. The Labute approximate surface area is 102 Å². The van der Waals surface area contributed by atoms with Crippen LogP contribution in [0.1, 0.15) is 16.7 Å². The molecule has 2 heteroatoms. The number of hydrogen-bond acceptors (Lipinski definition) is 2. The molecule has 0 amide bonds. The van der Waals surface area contributed by atoms with Crippen LogP contribution >= 0.6 is 0 Å². The maximum absolute atomic E-state index is 8.84. The Balaban J connectivity index is 2.60. The molecule has 0 bridgehead atoms. The molecule has 0 saturated heterocycles. The van der Waals surface area contributed by atoms with Crippen molar-refractivity contribution < 1.29 is 0 Å². The van der Waals surface area contributed by atoms with Crippen molar-refractivity contribution in [3.8, 4) is 17.3 Å². The van der Waals surface area contributed by atoms with Crippen molar-refractivity contribution in [2.75, 3.05) is 0 Å². The first-order chi connectivity index (χ1) is 8.22. The molecule has 0 aliphatic heterocycles. The van der Waals surface area contributed by atoms with E-state index in [0.29, 0.717) is 6.42 Å². The predicted molar refractivity (Wildman–Crippen MR) is 68.5 cm³/mol. The number of nitriles is 1. The Kier molecular flexibility index (Phi) is 3.20. The molecule has 0 saturated carbocycles. The van der Waals surface area contributed by atoms with Gasteiger partial charge in [-0.15, -0.1) is 0 Å². The Bertz CT molecular complexity index is 580. The van der Waals surface area contributed by atoms with Gasteiger partial charge in [0.1, 0.15) is 0 Å². The zero-order valence-corrected chi connectivity index (χ0v) is 10.1. The van der Waals surface area contributed by atoms with Crippen LogP contribution in [0.15, 0.2) is 36.5 Å². The lowest BCUT2D eigenvalue weighted by Gasteiger charge is -2.09. The van der Waals surface area contributed by atoms with Gasteiger partial charge in [-0.25, -0.2) is 0 Å². The molecule has 1 aromatic carbocycles. The van der Waals surface area contributed by atoms with Gasteiger partial charge in [-0.05, 0) is 37.1 Å². The summed E-state index contributed by atoms with van der Waals surface area (Å²) in [5.74, 6) is 0. The van der Waals surface area contributed by atoms with Crippen LogP contribution in [0.4, 0.5) is 0 Å². The Hall–Kier alpha value is -2.14. The Morgan fingerprint density at radius 3 is 2.82 bits per heavy atom. The monoisotopic (exact) mass is 222 g/mol. The van der Waals surface area contributed by atoms with E-state index in [1.807, 2.05) is 12.1 Å². The second kappa shape index (κ2) is 4.80. The van der Waals surface area contributed by atoms with E-state index in [-0.39, 0.29) is 0 Å². The highest BCUT2D eigenvalue weighted by Crippen LogP contribution is 2.25. The number of nitrogens with zero attached hydrogens (tertiary/aromatic N) is 2. The first kappa shape index (κ1) is 11.3. The highest BCUT2D eigenvalue weighted by atomic mass is 14.7. The van der Waals surface area contributed by atoms with Crippen LogP contribution < -0.4 is 0 Å². The zero-order chi connectivity index (χ0) is 12.3. The maximum atomic E-state index is 8.84. The SMILES string of the molecule is Cc1ccc(C)c(-c2ncccc2CC#N)c1. The molecule has 0 atom stereocenters. The van der Waals surface area contributed by atoms with Gasteiger partial charge in [-0.1, -0.05) is 23.8 Å². The van der Waals surface area contributed by atoms with Crippen molar-refractivity contribution in [3.05, 3.63) is 53.2 Å². The maximum Gasteiger partial charge on any atom is 0.0747 e. The third-order valence-electron chi connectivity index (χ3n) is 2.81. The molecule has 1 aromatic heterocycles. The minimum atomic E-state index is 0.399. The molecular formula is C15H14N2. The zero-order valence-electron chi connectivity index (χ0n) is 10.1. The second-order valence-corrected chi connectivity index (χ2v) is 4.16. The molecule has 2 nitrogen and oxygen atoms in total. The first-order valence-electron chi connectivity index (χ1n) is 5.61. The number of aryl methyl sites for hydroxylation is 2. The van der Waals surface area contributed by atoms with Gasteiger partial charge in [-0.2, -0.15) is 5.26 Å². The predicted octanol–water partition coefficient (Wildman–Crippen LogP) is 3.43. The van der Waals surface area contributed by atoms with E-state index < -0.39 is 0 Å². The summed E-state index contributed by atoms with van der Waals surface area (Å²) in [6.45, 7) is 4.13. The van der Waals surface area contributed by atoms with Crippen molar-refractivity contribution in [1.82, 2.24) is 4.98 Å². The molecule has 0 N–H and O–H groups in total. The van der Waals surface area contributed by atoms with Crippen molar-refractivity contribution in [2.24, 2.45) is 0 Å².